The summed E-state index contributed by atoms with van der Waals surface area (Å²) in [4.78, 5) is 31.1. The van der Waals surface area contributed by atoms with Crippen LogP contribution in [0, 0.1) is 0 Å². The van der Waals surface area contributed by atoms with Crippen LogP contribution in [0.15, 0.2) is 48.5 Å². The fraction of sp³-hybridized carbons (Fsp3) is 0.391. The second kappa shape index (κ2) is 9.16. The van der Waals surface area contributed by atoms with Crippen molar-refractivity contribution in [1.29, 1.82) is 0 Å². The van der Waals surface area contributed by atoms with Crippen molar-refractivity contribution in [2.45, 2.75) is 12.5 Å². The zero-order valence-electron chi connectivity index (χ0n) is 17.9. The standard InChI is InChI=1S/C23H28N4O4/c1-30-20-9-8-19(15-21(20)31-2)27-16-17(14-22(27)28)24-23(29)26-12-10-25(11-13-26)18-6-4-3-5-7-18/h3-9,15,17H,10-14,16H2,1-2H3,(H,24,29)/t17-/m0/s1. The number of anilines is 2. The minimum absolute atomic E-state index is 0.0218. The van der Waals surface area contributed by atoms with E-state index in [-0.39, 0.29) is 24.4 Å². The summed E-state index contributed by atoms with van der Waals surface area (Å²) in [6.07, 6.45) is 0.282. The number of ether oxygens (including phenoxy) is 2. The highest BCUT2D eigenvalue weighted by molar-refractivity contribution is 5.97. The molecule has 4 rings (SSSR count). The molecule has 2 aliphatic heterocycles. The number of urea groups is 1. The number of amides is 3. The van der Waals surface area contributed by atoms with E-state index < -0.39 is 0 Å². The van der Waals surface area contributed by atoms with Gasteiger partial charge in [0.2, 0.25) is 5.91 Å². The van der Waals surface area contributed by atoms with Gasteiger partial charge in [-0.05, 0) is 24.3 Å². The van der Waals surface area contributed by atoms with Crippen LogP contribution in [0.3, 0.4) is 0 Å². The van der Waals surface area contributed by atoms with Gasteiger partial charge in [0.25, 0.3) is 0 Å². The van der Waals surface area contributed by atoms with Gasteiger partial charge in [-0.1, -0.05) is 18.2 Å². The van der Waals surface area contributed by atoms with Crippen molar-refractivity contribution in [3.63, 3.8) is 0 Å². The number of para-hydroxylation sites is 1. The molecule has 31 heavy (non-hydrogen) atoms. The molecule has 0 saturated carbocycles. The molecule has 0 unspecified atom stereocenters. The molecule has 8 nitrogen and oxygen atoms in total. The lowest BCUT2D eigenvalue weighted by Gasteiger charge is -2.36. The van der Waals surface area contributed by atoms with Gasteiger partial charge in [-0.25, -0.2) is 4.79 Å². The average molecular weight is 425 g/mol. The Morgan fingerprint density at radius 2 is 1.65 bits per heavy atom. The maximum atomic E-state index is 12.8. The molecule has 0 spiro atoms. The second-order valence-electron chi connectivity index (χ2n) is 7.70. The Morgan fingerprint density at radius 1 is 0.935 bits per heavy atom. The maximum Gasteiger partial charge on any atom is 0.317 e. The Labute approximate surface area is 182 Å². The molecule has 2 saturated heterocycles. The highest BCUT2D eigenvalue weighted by atomic mass is 16.5. The second-order valence-corrected chi connectivity index (χ2v) is 7.70. The summed E-state index contributed by atoms with van der Waals surface area (Å²) in [5.41, 5.74) is 1.91. The van der Waals surface area contributed by atoms with Crippen LogP contribution in [0.25, 0.3) is 0 Å². The van der Waals surface area contributed by atoms with Gasteiger partial charge in [0.15, 0.2) is 11.5 Å². The van der Waals surface area contributed by atoms with Crippen molar-refractivity contribution in [2.75, 3.05) is 56.7 Å². The molecule has 0 aromatic heterocycles. The third-order valence-corrected chi connectivity index (χ3v) is 5.82. The molecule has 1 atom stereocenters. The zero-order valence-corrected chi connectivity index (χ0v) is 17.9. The first-order valence-electron chi connectivity index (χ1n) is 10.5. The van der Waals surface area contributed by atoms with Gasteiger partial charge in [-0.2, -0.15) is 0 Å². The van der Waals surface area contributed by atoms with Crippen molar-refractivity contribution >= 4 is 23.3 Å². The minimum atomic E-state index is -0.222. The van der Waals surface area contributed by atoms with Gasteiger partial charge in [-0.15, -0.1) is 0 Å². The monoisotopic (exact) mass is 424 g/mol. The smallest absolute Gasteiger partial charge is 0.317 e. The molecule has 0 bridgehead atoms. The lowest BCUT2D eigenvalue weighted by atomic mass is 10.2. The molecule has 0 aliphatic carbocycles. The molecule has 164 valence electrons. The van der Waals surface area contributed by atoms with Crippen LogP contribution >= 0.6 is 0 Å². The first-order valence-corrected chi connectivity index (χ1v) is 10.5. The number of benzene rings is 2. The number of piperazine rings is 1. The van der Waals surface area contributed by atoms with Crippen LogP contribution in [-0.4, -0.2) is 69.8 Å². The summed E-state index contributed by atoms with van der Waals surface area (Å²) in [5.74, 6) is 1.15. The Kier molecular flexibility index (Phi) is 6.16. The van der Waals surface area contributed by atoms with E-state index in [2.05, 4.69) is 22.3 Å². The Hall–Kier alpha value is -3.42. The van der Waals surface area contributed by atoms with E-state index in [1.165, 1.54) is 5.69 Å². The van der Waals surface area contributed by atoms with Crippen LogP contribution in [0.1, 0.15) is 6.42 Å². The highest BCUT2D eigenvalue weighted by Crippen LogP contribution is 2.33. The number of hydrogen-bond acceptors (Lipinski definition) is 5. The van der Waals surface area contributed by atoms with Crippen molar-refractivity contribution < 1.29 is 19.1 Å². The van der Waals surface area contributed by atoms with Crippen LogP contribution in [-0.2, 0) is 4.79 Å². The first kappa shape index (κ1) is 20.8. The summed E-state index contributed by atoms with van der Waals surface area (Å²) in [7, 11) is 3.14. The number of methoxy groups -OCH3 is 2. The Balaban J connectivity index is 1.32. The lowest BCUT2D eigenvalue weighted by Crippen LogP contribution is -2.53. The molecule has 8 heteroatoms. The fourth-order valence-electron chi connectivity index (χ4n) is 4.12. The SMILES string of the molecule is COc1ccc(N2C[C@@H](NC(=O)N3CCN(c4ccccc4)CC3)CC2=O)cc1OC. The van der Waals surface area contributed by atoms with Gasteiger partial charge < -0.3 is 29.5 Å². The van der Waals surface area contributed by atoms with E-state index in [1.807, 2.05) is 29.2 Å². The first-order chi connectivity index (χ1) is 15.1. The summed E-state index contributed by atoms with van der Waals surface area (Å²) in [6.45, 7) is 3.32. The highest BCUT2D eigenvalue weighted by Gasteiger charge is 2.33. The van der Waals surface area contributed by atoms with Crippen molar-refractivity contribution in [2.24, 2.45) is 0 Å². The topological polar surface area (TPSA) is 74.4 Å². The van der Waals surface area contributed by atoms with E-state index in [4.69, 9.17) is 9.47 Å². The fourth-order valence-corrected chi connectivity index (χ4v) is 4.12. The Morgan fingerprint density at radius 3 is 2.32 bits per heavy atom. The van der Waals surface area contributed by atoms with Crippen LogP contribution in [0.5, 0.6) is 11.5 Å². The van der Waals surface area contributed by atoms with E-state index in [9.17, 15) is 9.59 Å². The zero-order chi connectivity index (χ0) is 21.8. The molecule has 2 aromatic rings. The largest absolute Gasteiger partial charge is 0.493 e. The summed E-state index contributed by atoms with van der Waals surface area (Å²) in [5, 5.41) is 3.03. The number of rotatable bonds is 5. The molecule has 2 fully saturated rings. The summed E-state index contributed by atoms with van der Waals surface area (Å²) < 4.78 is 10.6. The predicted molar refractivity (Wildman–Crippen MR) is 119 cm³/mol. The lowest BCUT2D eigenvalue weighted by molar-refractivity contribution is -0.117. The maximum absolute atomic E-state index is 12.8. The van der Waals surface area contributed by atoms with Crippen LogP contribution < -0.4 is 24.6 Å². The van der Waals surface area contributed by atoms with E-state index >= 15 is 0 Å². The van der Waals surface area contributed by atoms with Crippen LogP contribution in [0.2, 0.25) is 0 Å². The van der Waals surface area contributed by atoms with Crippen molar-refractivity contribution in [3.8, 4) is 11.5 Å². The third kappa shape index (κ3) is 4.52. The van der Waals surface area contributed by atoms with E-state index in [0.717, 1.165) is 18.8 Å². The predicted octanol–water partition coefficient (Wildman–Crippen LogP) is 2.34. The number of nitrogens with zero attached hydrogens (tertiary/aromatic N) is 3. The minimum Gasteiger partial charge on any atom is -0.493 e. The van der Waals surface area contributed by atoms with Crippen molar-refractivity contribution in [1.82, 2.24) is 10.2 Å². The summed E-state index contributed by atoms with van der Waals surface area (Å²) >= 11 is 0. The molecular weight excluding hydrogens is 396 g/mol. The number of hydrogen-bond donors (Lipinski definition) is 1. The Bertz CT molecular complexity index is 928. The normalized spacial score (nSPS) is 18.8. The van der Waals surface area contributed by atoms with Gasteiger partial charge in [-0.3, -0.25) is 4.79 Å². The number of carbonyl (C=O) groups excluding carboxylic acids is 2. The van der Waals surface area contributed by atoms with Crippen LogP contribution in [0.4, 0.5) is 16.2 Å². The average Bonchev–Trinajstić information content (AvgIpc) is 3.19. The van der Waals surface area contributed by atoms with Crippen molar-refractivity contribution in [3.05, 3.63) is 48.5 Å². The molecule has 2 heterocycles. The summed E-state index contributed by atoms with van der Waals surface area (Å²) in [6, 6.07) is 15.3. The molecule has 2 aliphatic rings. The molecule has 0 radical (unpaired) electrons. The molecule has 1 N–H and O–H groups in total. The molecular formula is C23H28N4O4. The van der Waals surface area contributed by atoms with Gasteiger partial charge >= 0.3 is 6.03 Å². The number of carbonyl (C=O) groups is 2. The van der Waals surface area contributed by atoms with Gasteiger partial charge in [0, 0.05) is 56.6 Å². The molecule has 3 amide bonds. The van der Waals surface area contributed by atoms with Gasteiger partial charge in [0.05, 0.1) is 20.3 Å². The molecule has 2 aromatic carbocycles. The van der Waals surface area contributed by atoms with E-state index in [1.54, 1.807) is 31.3 Å². The van der Waals surface area contributed by atoms with Gasteiger partial charge in [0.1, 0.15) is 0 Å². The van der Waals surface area contributed by atoms with E-state index in [0.29, 0.717) is 31.1 Å². The number of nitrogens with one attached hydrogen (secondary N) is 1. The third-order valence-electron chi connectivity index (χ3n) is 5.82. The quantitative estimate of drug-likeness (QED) is 0.798.